The van der Waals surface area contributed by atoms with E-state index in [4.69, 9.17) is 9.47 Å². The van der Waals surface area contributed by atoms with Gasteiger partial charge in [0.2, 0.25) is 0 Å². The molecule has 1 amide bonds. The third-order valence-corrected chi connectivity index (χ3v) is 4.73. The molecule has 3 rings (SSSR count). The van der Waals surface area contributed by atoms with Crippen LogP contribution in [0.15, 0.2) is 54.6 Å². The fourth-order valence-electron chi connectivity index (χ4n) is 3.24. The minimum absolute atomic E-state index is 0.201. The Morgan fingerprint density at radius 2 is 1.81 bits per heavy atom. The smallest absolute Gasteiger partial charge is 0.410 e. The first-order valence-corrected chi connectivity index (χ1v) is 8.92. The average Bonchev–Trinajstić information content (AvgIpc) is 2.72. The maximum absolute atomic E-state index is 12.6. The number of aliphatic hydroxyl groups excluding tert-OH is 1. The first-order chi connectivity index (χ1) is 13.1. The molecule has 0 radical (unpaired) electrons. The van der Waals surface area contributed by atoms with Crippen LogP contribution in [0.3, 0.4) is 0 Å². The van der Waals surface area contributed by atoms with E-state index in [0.717, 1.165) is 11.1 Å². The number of likely N-dealkylation sites (tertiary alicyclic amines) is 1. The van der Waals surface area contributed by atoms with Crippen molar-refractivity contribution in [2.24, 2.45) is 0 Å². The lowest BCUT2D eigenvalue weighted by atomic mass is 9.93. The molecule has 2 aromatic carbocycles. The zero-order valence-electron chi connectivity index (χ0n) is 15.2. The standard InChI is InChI=1S/C21H23NO5/c1-26-20(24)17-9-7-16(8-10-17)19-13-18(23)11-12-22(19)21(25)27-14-15-5-3-2-4-6-15/h2-10,18-19,23H,11-14H2,1H3/t18?,19-/m1/s1. The van der Waals surface area contributed by atoms with E-state index in [1.165, 1.54) is 7.11 Å². The second-order valence-electron chi connectivity index (χ2n) is 6.54. The zero-order chi connectivity index (χ0) is 19.2. The fourth-order valence-corrected chi connectivity index (χ4v) is 3.24. The number of amides is 1. The monoisotopic (exact) mass is 369 g/mol. The summed E-state index contributed by atoms with van der Waals surface area (Å²) in [6, 6.07) is 16.1. The number of nitrogens with zero attached hydrogens (tertiary/aromatic N) is 1. The molecule has 0 bridgehead atoms. The second kappa shape index (κ2) is 8.68. The number of aliphatic hydroxyl groups is 1. The lowest BCUT2D eigenvalue weighted by Crippen LogP contribution is -2.42. The van der Waals surface area contributed by atoms with Gasteiger partial charge in [0, 0.05) is 6.54 Å². The van der Waals surface area contributed by atoms with Crippen LogP contribution >= 0.6 is 0 Å². The normalized spacial score (nSPS) is 19.4. The number of hydrogen-bond acceptors (Lipinski definition) is 5. The van der Waals surface area contributed by atoms with Crippen LogP contribution in [-0.2, 0) is 16.1 Å². The van der Waals surface area contributed by atoms with Crippen LogP contribution in [0.5, 0.6) is 0 Å². The van der Waals surface area contributed by atoms with E-state index in [1.54, 1.807) is 29.2 Å². The van der Waals surface area contributed by atoms with Crippen LogP contribution in [0.4, 0.5) is 4.79 Å². The molecule has 2 atom stereocenters. The highest BCUT2D eigenvalue weighted by atomic mass is 16.6. The van der Waals surface area contributed by atoms with Crippen LogP contribution in [0.1, 0.15) is 40.4 Å². The first kappa shape index (κ1) is 18.9. The molecule has 2 aromatic rings. The molecule has 1 saturated heterocycles. The summed E-state index contributed by atoms with van der Waals surface area (Å²) in [7, 11) is 1.33. The quantitative estimate of drug-likeness (QED) is 0.837. The second-order valence-corrected chi connectivity index (χ2v) is 6.54. The Labute approximate surface area is 158 Å². The van der Waals surface area contributed by atoms with Crippen LogP contribution in [0, 0.1) is 0 Å². The van der Waals surface area contributed by atoms with E-state index >= 15 is 0 Å². The first-order valence-electron chi connectivity index (χ1n) is 8.92. The molecule has 0 spiro atoms. The molecule has 0 aliphatic carbocycles. The molecule has 6 nitrogen and oxygen atoms in total. The van der Waals surface area contributed by atoms with E-state index in [1.807, 2.05) is 30.3 Å². The largest absolute Gasteiger partial charge is 0.465 e. The Morgan fingerprint density at radius 3 is 2.48 bits per heavy atom. The molecule has 1 unspecified atom stereocenters. The van der Waals surface area contributed by atoms with Gasteiger partial charge in [-0.2, -0.15) is 0 Å². The minimum Gasteiger partial charge on any atom is -0.465 e. The number of carbonyl (C=O) groups is 2. The molecule has 1 heterocycles. The van der Waals surface area contributed by atoms with Crippen molar-refractivity contribution in [3.05, 3.63) is 71.3 Å². The van der Waals surface area contributed by atoms with E-state index in [0.29, 0.717) is 24.9 Å². The van der Waals surface area contributed by atoms with Crippen molar-refractivity contribution in [1.82, 2.24) is 4.90 Å². The number of rotatable bonds is 4. The summed E-state index contributed by atoms with van der Waals surface area (Å²) in [6.45, 7) is 0.616. The molecule has 1 aliphatic heterocycles. The van der Waals surface area contributed by atoms with Crippen molar-refractivity contribution in [1.29, 1.82) is 0 Å². The van der Waals surface area contributed by atoms with Gasteiger partial charge in [0.25, 0.3) is 0 Å². The number of benzene rings is 2. The van der Waals surface area contributed by atoms with Gasteiger partial charge in [-0.05, 0) is 36.1 Å². The Bertz CT molecular complexity index is 775. The predicted octanol–water partition coefficient (Wildman–Crippen LogP) is 3.31. The molecule has 142 valence electrons. The molecule has 1 fully saturated rings. The lowest BCUT2D eigenvalue weighted by Gasteiger charge is -2.37. The molecule has 0 saturated carbocycles. The third-order valence-electron chi connectivity index (χ3n) is 4.73. The average molecular weight is 369 g/mol. The van der Waals surface area contributed by atoms with Crippen molar-refractivity contribution in [3.63, 3.8) is 0 Å². The van der Waals surface area contributed by atoms with Crippen LogP contribution in [0.2, 0.25) is 0 Å². The van der Waals surface area contributed by atoms with Gasteiger partial charge in [-0.1, -0.05) is 42.5 Å². The topological polar surface area (TPSA) is 76.1 Å². The number of methoxy groups -OCH3 is 1. The summed E-state index contributed by atoms with van der Waals surface area (Å²) in [4.78, 5) is 25.9. The van der Waals surface area contributed by atoms with Gasteiger partial charge >= 0.3 is 12.1 Å². The van der Waals surface area contributed by atoms with Crippen molar-refractivity contribution >= 4 is 12.1 Å². The van der Waals surface area contributed by atoms with Crippen molar-refractivity contribution in [2.45, 2.75) is 31.6 Å². The summed E-state index contributed by atoms with van der Waals surface area (Å²) in [6.07, 6.45) is 0.0519. The maximum Gasteiger partial charge on any atom is 0.410 e. The van der Waals surface area contributed by atoms with Crippen molar-refractivity contribution in [2.75, 3.05) is 13.7 Å². The highest BCUT2D eigenvalue weighted by molar-refractivity contribution is 5.89. The number of piperidine rings is 1. The molecular formula is C21H23NO5. The van der Waals surface area contributed by atoms with E-state index in [-0.39, 0.29) is 12.6 Å². The van der Waals surface area contributed by atoms with Gasteiger partial charge in [0.15, 0.2) is 0 Å². The Morgan fingerprint density at radius 1 is 1.11 bits per heavy atom. The predicted molar refractivity (Wildman–Crippen MR) is 99.1 cm³/mol. The van der Waals surface area contributed by atoms with Gasteiger partial charge in [-0.25, -0.2) is 9.59 Å². The van der Waals surface area contributed by atoms with Gasteiger partial charge in [-0.3, -0.25) is 0 Å². The SMILES string of the molecule is COC(=O)c1ccc([C@H]2CC(O)CCN2C(=O)OCc2ccccc2)cc1. The Balaban J connectivity index is 1.72. The zero-order valence-corrected chi connectivity index (χ0v) is 15.2. The van der Waals surface area contributed by atoms with Gasteiger partial charge < -0.3 is 19.5 Å². The molecular weight excluding hydrogens is 346 g/mol. The molecule has 1 aliphatic rings. The summed E-state index contributed by atoms with van der Waals surface area (Å²) in [5.74, 6) is -0.413. The van der Waals surface area contributed by atoms with Crippen LogP contribution < -0.4 is 0 Å². The number of carbonyl (C=O) groups excluding carboxylic acids is 2. The van der Waals surface area contributed by atoms with Gasteiger partial charge in [0.05, 0.1) is 24.8 Å². The number of hydrogen-bond donors (Lipinski definition) is 1. The van der Waals surface area contributed by atoms with E-state index < -0.39 is 18.2 Å². The molecule has 0 aromatic heterocycles. The summed E-state index contributed by atoms with van der Waals surface area (Å²) in [5.41, 5.74) is 2.20. The molecule has 27 heavy (non-hydrogen) atoms. The summed E-state index contributed by atoms with van der Waals surface area (Å²) >= 11 is 0. The highest BCUT2D eigenvalue weighted by Gasteiger charge is 2.33. The van der Waals surface area contributed by atoms with Gasteiger partial charge in [0.1, 0.15) is 6.61 Å². The summed E-state index contributed by atoms with van der Waals surface area (Å²) in [5, 5.41) is 10.1. The maximum atomic E-state index is 12.6. The van der Waals surface area contributed by atoms with Crippen LogP contribution in [-0.4, -0.2) is 41.8 Å². The molecule has 1 N–H and O–H groups in total. The lowest BCUT2D eigenvalue weighted by molar-refractivity contribution is 0.0259. The van der Waals surface area contributed by atoms with E-state index in [9.17, 15) is 14.7 Å². The molecule has 6 heteroatoms. The summed E-state index contributed by atoms with van der Waals surface area (Å²) < 4.78 is 10.2. The van der Waals surface area contributed by atoms with Crippen molar-refractivity contribution < 1.29 is 24.2 Å². The van der Waals surface area contributed by atoms with Crippen LogP contribution in [0.25, 0.3) is 0 Å². The highest BCUT2D eigenvalue weighted by Crippen LogP contribution is 2.32. The Hall–Kier alpha value is -2.86. The van der Waals surface area contributed by atoms with E-state index in [2.05, 4.69) is 0 Å². The third kappa shape index (κ3) is 4.65. The number of ether oxygens (including phenoxy) is 2. The fraction of sp³-hybridized carbons (Fsp3) is 0.333. The van der Waals surface area contributed by atoms with Gasteiger partial charge in [-0.15, -0.1) is 0 Å². The Kier molecular flexibility index (Phi) is 6.08. The number of esters is 1. The van der Waals surface area contributed by atoms with Crippen molar-refractivity contribution in [3.8, 4) is 0 Å². The minimum atomic E-state index is -0.478.